The van der Waals surface area contributed by atoms with Gasteiger partial charge in [-0.2, -0.15) is 0 Å². The van der Waals surface area contributed by atoms with Crippen LogP contribution in [0.4, 0.5) is 0 Å². The van der Waals surface area contributed by atoms with Crippen LogP contribution >= 0.6 is 0 Å². The predicted octanol–water partition coefficient (Wildman–Crippen LogP) is -0.504. The van der Waals surface area contributed by atoms with E-state index >= 15 is 0 Å². The maximum absolute atomic E-state index is 8.86. The van der Waals surface area contributed by atoms with Crippen LogP contribution in [0.5, 0.6) is 0 Å². The van der Waals surface area contributed by atoms with Crippen molar-refractivity contribution in [3.8, 4) is 11.8 Å². The van der Waals surface area contributed by atoms with Gasteiger partial charge in [-0.05, 0) is 0 Å². The van der Waals surface area contributed by atoms with E-state index in [4.69, 9.17) is 19.7 Å². The lowest BCUT2D eigenvalue weighted by atomic mass is 10.3. The lowest BCUT2D eigenvalue weighted by Gasteiger charge is -2.04. The molecule has 4 heteroatoms. The average Bonchev–Trinajstić information content (AvgIpc) is 2.64. The van der Waals surface area contributed by atoms with Gasteiger partial charge in [0.05, 0.1) is 19.8 Å². The van der Waals surface area contributed by atoms with Crippen molar-refractivity contribution in [2.24, 2.45) is 0 Å². The van der Waals surface area contributed by atoms with Gasteiger partial charge in [0.1, 0.15) is 6.10 Å². The molecule has 1 atom stereocenters. The fourth-order valence-electron chi connectivity index (χ4n) is 1.000. The van der Waals surface area contributed by atoms with E-state index in [1.54, 1.807) is 0 Å². The summed E-state index contributed by atoms with van der Waals surface area (Å²) >= 11 is 0. The third-order valence-corrected chi connectivity index (χ3v) is 1.64. The summed E-state index contributed by atoms with van der Waals surface area (Å²) in [5.41, 5.74) is 0. The molecular weight excluding hydrogens is 172 g/mol. The molecule has 0 aliphatic carbocycles. The van der Waals surface area contributed by atoms with Crippen LogP contribution in [0, 0.1) is 11.8 Å². The van der Waals surface area contributed by atoms with Crippen molar-refractivity contribution in [2.45, 2.75) is 25.2 Å². The predicted molar refractivity (Wildman–Crippen MR) is 45.8 cm³/mol. The first kappa shape index (κ1) is 10.5. The highest BCUT2D eigenvalue weighted by Gasteiger charge is 2.14. The molecule has 2 N–H and O–H groups in total. The van der Waals surface area contributed by atoms with Crippen molar-refractivity contribution < 1.29 is 19.7 Å². The summed E-state index contributed by atoms with van der Waals surface area (Å²) in [6, 6.07) is 0. The van der Waals surface area contributed by atoms with Crippen LogP contribution in [-0.4, -0.2) is 42.4 Å². The van der Waals surface area contributed by atoms with Gasteiger partial charge in [0.25, 0.3) is 0 Å². The van der Waals surface area contributed by atoms with E-state index in [9.17, 15) is 0 Å². The van der Waals surface area contributed by atoms with E-state index in [1.165, 1.54) is 0 Å². The van der Waals surface area contributed by atoms with Crippen LogP contribution in [-0.2, 0) is 9.47 Å². The third kappa shape index (κ3) is 4.25. The lowest BCUT2D eigenvalue weighted by Crippen LogP contribution is -2.08. The first-order valence-electron chi connectivity index (χ1n) is 4.33. The minimum atomic E-state index is -0.926. The molecule has 1 aliphatic rings. The molecule has 1 rings (SSSR count). The van der Waals surface area contributed by atoms with Gasteiger partial charge in [0, 0.05) is 12.8 Å². The van der Waals surface area contributed by atoms with Gasteiger partial charge in [-0.15, -0.1) is 5.92 Å². The molecule has 1 heterocycles. The number of hydrogen-bond donors (Lipinski definition) is 2. The summed E-state index contributed by atoms with van der Waals surface area (Å²) < 4.78 is 10.4. The summed E-state index contributed by atoms with van der Waals surface area (Å²) in [4.78, 5) is 0. The molecule has 0 aromatic carbocycles. The Morgan fingerprint density at radius 3 is 2.69 bits per heavy atom. The van der Waals surface area contributed by atoms with Crippen LogP contribution in [0.15, 0.2) is 0 Å². The molecule has 13 heavy (non-hydrogen) atoms. The normalized spacial score (nSPS) is 19.5. The standard InChI is InChI=1S/C9H14O4/c10-7-8(11)3-1-2-4-9-12-5-6-13-9/h8-11H,2,4-7H2/t8-/m1/s1. The summed E-state index contributed by atoms with van der Waals surface area (Å²) in [6.07, 6.45) is 0.262. The van der Waals surface area contributed by atoms with Gasteiger partial charge in [-0.25, -0.2) is 0 Å². The Labute approximate surface area is 77.5 Å². The van der Waals surface area contributed by atoms with E-state index in [1.807, 2.05) is 0 Å². The Balaban J connectivity index is 2.07. The Morgan fingerprint density at radius 2 is 2.08 bits per heavy atom. The van der Waals surface area contributed by atoms with E-state index in [0.717, 1.165) is 0 Å². The average molecular weight is 186 g/mol. The van der Waals surface area contributed by atoms with Gasteiger partial charge in [-0.3, -0.25) is 0 Å². The zero-order valence-electron chi connectivity index (χ0n) is 7.40. The topological polar surface area (TPSA) is 58.9 Å². The molecule has 0 saturated carbocycles. The molecule has 0 amide bonds. The summed E-state index contributed by atoms with van der Waals surface area (Å²) in [5.74, 6) is 5.24. The van der Waals surface area contributed by atoms with Gasteiger partial charge in [-0.1, -0.05) is 5.92 Å². The highest BCUT2D eigenvalue weighted by Crippen LogP contribution is 2.08. The molecule has 1 aliphatic heterocycles. The van der Waals surface area contributed by atoms with Crippen molar-refractivity contribution >= 4 is 0 Å². The van der Waals surface area contributed by atoms with E-state index in [0.29, 0.717) is 26.1 Å². The monoisotopic (exact) mass is 186 g/mol. The Kier molecular flexibility index (Phi) is 4.79. The molecular formula is C9H14O4. The largest absolute Gasteiger partial charge is 0.393 e. The summed E-state index contributed by atoms with van der Waals surface area (Å²) in [6.45, 7) is 0.984. The second-order valence-electron chi connectivity index (χ2n) is 2.73. The summed E-state index contributed by atoms with van der Waals surface area (Å²) in [7, 11) is 0. The number of rotatable bonds is 3. The van der Waals surface area contributed by atoms with Crippen molar-refractivity contribution in [3.63, 3.8) is 0 Å². The highest BCUT2D eigenvalue weighted by atomic mass is 16.7. The third-order valence-electron chi connectivity index (χ3n) is 1.64. The molecule has 1 fully saturated rings. The Bertz CT molecular complexity index is 188. The van der Waals surface area contributed by atoms with E-state index in [-0.39, 0.29) is 12.9 Å². The molecule has 0 bridgehead atoms. The first-order valence-corrected chi connectivity index (χ1v) is 4.33. The number of ether oxygens (including phenoxy) is 2. The Hall–Kier alpha value is -0.600. The highest BCUT2D eigenvalue weighted by molar-refractivity contribution is 5.04. The SMILES string of the molecule is OC[C@H](O)C#CCCC1OCCO1. The van der Waals surface area contributed by atoms with Crippen molar-refractivity contribution in [1.82, 2.24) is 0 Å². The van der Waals surface area contributed by atoms with Crippen molar-refractivity contribution in [2.75, 3.05) is 19.8 Å². The molecule has 0 radical (unpaired) electrons. The van der Waals surface area contributed by atoms with Crippen LogP contribution < -0.4 is 0 Å². The first-order chi connectivity index (χ1) is 6.33. The van der Waals surface area contributed by atoms with Crippen LogP contribution in [0.1, 0.15) is 12.8 Å². The minimum Gasteiger partial charge on any atom is -0.393 e. The van der Waals surface area contributed by atoms with Crippen molar-refractivity contribution in [1.29, 1.82) is 0 Å². The summed E-state index contributed by atoms with van der Waals surface area (Å²) in [5, 5.41) is 17.3. The fourth-order valence-corrected chi connectivity index (χ4v) is 1.000. The van der Waals surface area contributed by atoms with Gasteiger partial charge in [0.2, 0.25) is 0 Å². The zero-order chi connectivity index (χ0) is 9.52. The molecule has 0 aromatic rings. The number of aliphatic hydroxyl groups is 2. The van der Waals surface area contributed by atoms with Crippen LogP contribution in [0.2, 0.25) is 0 Å². The molecule has 4 nitrogen and oxygen atoms in total. The zero-order valence-corrected chi connectivity index (χ0v) is 7.40. The molecule has 0 spiro atoms. The quantitative estimate of drug-likeness (QED) is 0.583. The van der Waals surface area contributed by atoms with E-state index < -0.39 is 6.10 Å². The fraction of sp³-hybridized carbons (Fsp3) is 0.778. The number of aliphatic hydroxyl groups excluding tert-OH is 2. The molecule has 0 unspecified atom stereocenters. The molecule has 1 saturated heterocycles. The minimum absolute atomic E-state index is 0.138. The second kappa shape index (κ2) is 5.95. The smallest absolute Gasteiger partial charge is 0.158 e. The molecule has 0 aromatic heterocycles. The van der Waals surface area contributed by atoms with Crippen molar-refractivity contribution in [3.05, 3.63) is 0 Å². The Morgan fingerprint density at radius 1 is 1.38 bits per heavy atom. The maximum atomic E-state index is 8.86. The number of hydrogen-bond acceptors (Lipinski definition) is 4. The van der Waals surface area contributed by atoms with Gasteiger partial charge in [0.15, 0.2) is 6.29 Å². The van der Waals surface area contributed by atoms with Gasteiger partial charge >= 0.3 is 0 Å². The lowest BCUT2D eigenvalue weighted by molar-refractivity contribution is -0.0454. The second-order valence-corrected chi connectivity index (χ2v) is 2.73. The maximum Gasteiger partial charge on any atom is 0.158 e. The molecule has 74 valence electrons. The van der Waals surface area contributed by atoms with Gasteiger partial charge < -0.3 is 19.7 Å². The van der Waals surface area contributed by atoms with E-state index in [2.05, 4.69) is 11.8 Å². The van der Waals surface area contributed by atoms with Crippen LogP contribution in [0.25, 0.3) is 0 Å². The van der Waals surface area contributed by atoms with Crippen LogP contribution in [0.3, 0.4) is 0 Å².